The van der Waals surface area contributed by atoms with Gasteiger partial charge in [0, 0.05) is 31.2 Å². The third-order valence-electron chi connectivity index (χ3n) is 13.6. The number of nitrogens with one attached hydrogen (secondary N) is 1. The zero-order chi connectivity index (χ0) is 46.7. The molecule has 1 aliphatic heterocycles. The van der Waals surface area contributed by atoms with Gasteiger partial charge in [0.25, 0.3) is 5.91 Å². The molecule has 7 rings (SSSR count). The summed E-state index contributed by atoms with van der Waals surface area (Å²) in [6.45, 7) is 7.27. The second kappa shape index (κ2) is 16.9. The summed E-state index contributed by atoms with van der Waals surface area (Å²) in [5.41, 5.74) is -8.35. The first-order chi connectivity index (χ1) is 30.1. The predicted molar refractivity (Wildman–Crippen MR) is 221 cm³/mol. The number of fused-ring (bicyclic) bond motifs is 5. The summed E-state index contributed by atoms with van der Waals surface area (Å²) in [6, 6.07) is 19.4. The van der Waals surface area contributed by atoms with Gasteiger partial charge in [-0.2, -0.15) is 0 Å². The average molecular weight is 886 g/mol. The molecule has 4 aliphatic rings. The van der Waals surface area contributed by atoms with Crippen LogP contribution in [0.1, 0.15) is 80.3 Å². The predicted octanol–water partition coefficient (Wildman–Crippen LogP) is 2.41. The van der Waals surface area contributed by atoms with Gasteiger partial charge in [-0.15, -0.1) is 0 Å². The van der Waals surface area contributed by atoms with Crippen molar-refractivity contribution < 1.29 is 78.0 Å². The van der Waals surface area contributed by atoms with Crippen LogP contribution < -0.4 is 5.32 Å². The van der Waals surface area contributed by atoms with E-state index in [4.69, 9.17) is 23.7 Å². The number of rotatable bonds is 10. The normalized spacial score (nSPS) is 32.4. The first kappa shape index (κ1) is 46.0. The van der Waals surface area contributed by atoms with Gasteiger partial charge >= 0.3 is 23.9 Å². The van der Waals surface area contributed by atoms with E-state index in [2.05, 4.69) is 5.32 Å². The minimum atomic E-state index is -2.51. The highest BCUT2D eigenvalue weighted by molar-refractivity contribution is 5.96. The van der Waals surface area contributed by atoms with Crippen LogP contribution in [0.2, 0.25) is 0 Å². The van der Waals surface area contributed by atoms with Gasteiger partial charge < -0.3 is 54.5 Å². The van der Waals surface area contributed by atoms with E-state index in [0.29, 0.717) is 0 Å². The molecule has 1 unspecified atom stereocenters. The summed E-state index contributed by atoms with van der Waals surface area (Å²) < 4.78 is 29.9. The molecular weight excluding hydrogens is 835 g/mol. The summed E-state index contributed by atoms with van der Waals surface area (Å²) in [5, 5.41) is 61.8. The van der Waals surface area contributed by atoms with Gasteiger partial charge in [0.1, 0.15) is 35.8 Å². The van der Waals surface area contributed by atoms with E-state index in [1.807, 2.05) is 0 Å². The van der Waals surface area contributed by atoms with Crippen molar-refractivity contribution in [2.24, 2.45) is 16.7 Å². The molecule has 3 aliphatic carbocycles. The van der Waals surface area contributed by atoms with Crippen LogP contribution in [0, 0.1) is 16.7 Å². The molecule has 1 heterocycles. The maximum Gasteiger partial charge on any atom is 0.338 e. The third-order valence-corrected chi connectivity index (χ3v) is 13.6. The Morgan fingerprint density at radius 3 is 1.97 bits per heavy atom. The number of ketones is 1. The zero-order valence-electron chi connectivity index (χ0n) is 35.9. The fraction of sp³-hybridized carbons (Fsp3) is 0.447. The van der Waals surface area contributed by atoms with Gasteiger partial charge in [0.15, 0.2) is 23.6 Å². The fourth-order valence-corrected chi connectivity index (χ4v) is 10.3. The highest BCUT2D eigenvalue weighted by Crippen LogP contribution is 2.64. The number of aliphatic hydroxyl groups is 4. The Balaban J connectivity index is 1.40. The number of phenols is 1. The molecule has 2 bridgehead atoms. The van der Waals surface area contributed by atoms with Crippen LogP contribution in [-0.4, -0.2) is 122 Å². The minimum Gasteiger partial charge on any atom is -0.508 e. The number of ether oxygens (including phenoxy) is 5. The highest BCUT2D eigenvalue weighted by Gasteiger charge is 2.80. The van der Waals surface area contributed by atoms with Gasteiger partial charge in [-0.25, -0.2) is 9.59 Å². The maximum absolute atomic E-state index is 15.5. The van der Waals surface area contributed by atoms with E-state index in [1.54, 1.807) is 36.4 Å². The lowest BCUT2D eigenvalue weighted by Gasteiger charge is -2.68. The first-order valence-corrected chi connectivity index (χ1v) is 20.7. The fourth-order valence-electron chi connectivity index (χ4n) is 10.3. The molecule has 1 amide bonds. The monoisotopic (exact) mass is 885 g/mol. The van der Waals surface area contributed by atoms with Crippen molar-refractivity contribution >= 4 is 35.6 Å². The van der Waals surface area contributed by atoms with E-state index in [0.717, 1.165) is 13.8 Å². The molecule has 12 atom stereocenters. The van der Waals surface area contributed by atoms with Crippen molar-refractivity contribution in [3.8, 4) is 5.75 Å². The Morgan fingerprint density at radius 1 is 0.828 bits per heavy atom. The summed E-state index contributed by atoms with van der Waals surface area (Å²) in [4.78, 5) is 83.6. The van der Waals surface area contributed by atoms with E-state index in [1.165, 1.54) is 76.2 Å². The van der Waals surface area contributed by atoms with Crippen LogP contribution in [0.15, 0.2) is 96.1 Å². The molecule has 1 saturated heterocycles. The van der Waals surface area contributed by atoms with Crippen molar-refractivity contribution in [2.45, 2.75) is 108 Å². The van der Waals surface area contributed by atoms with E-state index >= 15 is 4.79 Å². The molecule has 17 heteroatoms. The lowest BCUT2D eigenvalue weighted by molar-refractivity contribution is -0.369. The number of phenolic OH excluding ortho intramolecular Hbond substituents is 1. The second-order valence-electron chi connectivity index (χ2n) is 17.7. The minimum absolute atomic E-state index is 0.00259. The Morgan fingerprint density at radius 2 is 1.42 bits per heavy atom. The molecular formula is C47H51NO16. The lowest BCUT2D eigenvalue weighted by Crippen LogP contribution is -2.85. The van der Waals surface area contributed by atoms with Crippen LogP contribution in [0.4, 0.5) is 0 Å². The Bertz CT molecular complexity index is 2370. The van der Waals surface area contributed by atoms with E-state index in [-0.39, 0.29) is 33.6 Å². The SMILES string of the molecule is CC(=O)O[C@H]1C(=O)[C@]2(C)[C@@H](O)[C@@H](O)[C@H]3OCC3(OC(C)=O)[C@@H]2[C@@H](OC(=O)c2ccccc2)[C@]2(O)C[C@@H](OC(=O)[C@@H](O)[C@H](NC(=O)c3ccccc3)c3ccc(O)cc3)C(C)=C1C2(C)C. The van der Waals surface area contributed by atoms with Crippen molar-refractivity contribution in [2.75, 3.05) is 6.61 Å². The summed E-state index contributed by atoms with van der Waals surface area (Å²) in [6.07, 6.45) is -13.8. The van der Waals surface area contributed by atoms with Crippen LogP contribution in [-0.2, 0) is 42.9 Å². The van der Waals surface area contributed by atoms with Gasteiger partial charge in [0.2, 0.25) is 0 Å². The smallest absolute Gasteiger partial charge is 0.338 e. The molecule has 0 spiro atoms. The van der Waals surface area contributed by atoms with Gasteiger partial charge in [-0.3, -0.25) is 19.2 Å². The van der Waals surface area contributed by atoms with Crippen LogP contribution in [0.5, 0.6) is 5.75 Å². The number of amides is 1. The maximum atomic E-state index is 15.5. The number of hydrogen-bond donors (Lipinski definition) is 6. The van der Waals surface area contributed by atoms with E-state index < -0.39 is 125 Å². The van der Waals surface area contributed by atoms with Gasteiger partial charge in [-0.1, -0.05) is 62.4 Å². The average Bonchev–Trinajstić information content (AvgIpc) is 3.24. The largest absolute Gasteiger partial charge is 0.508 e. The number of aliphatic hydroxyl groups excluding tert-OH is 3. The number of Topliss-reactive ketones (excluding diaryl/α,β-unsaturated/α-hetero) is 1. The molecule has 0 radical (unpaired) electrons. The molecule has 2 saturated carbocycles. The molecule has 3 fully saturated rings. The summed E-state index contributed by atoms with van der Waals surface area (Å²) >= 11 is 0. The number of benzene rings is 3. The molecule has 6 N–H and O–H groups in total. The Hall–Kier alpha value is -5.98. The Labute approximate surface area is 367 Å². The first-order valence-electron chi connectivity index (χ1n) is 20.7. The Kier molecular flexibility index (Phi) is 12.1. The van der Waals surface area contributed by atoms with Crippen LogP contribution in [0.25, 0.3) is 0 Å². The van der Waals surface area contributed by atoms with Gasteiger partial charge in [0.05, 0.1) is 35.6 Å². The third kappa shape index (κ3) is 7.44. The summed E-state index contributed by atoms with van der Waals surface area (Å²) in [7, 11) is 0. The molecule has 3 aromatic carbocycles. The standard InChI is InChI=1S/C47H51NO16/c1-23-30(62-43(58)33(52)32(26-17-19-29(51)20-18-26)48-41(56)27-13-9-7-10-14-27)21-47(59)40(63-42(57)28-15-11-8-12-16-28)36-45(6,38(55)35(61-24(2)49)31(23)44(47,4)5)37(54)34(53)39-46(36,22-60-39)64-25(3)50/h7-20,30,32-37,39-40,51-54,59H,21-22H2,1-6H3,(H,48,56)/t30-,32-,33+,34-,35-,36-,37+,39-,40-,45+,46?,47-/m1/s1. The summed E-state index contributed by atoms with van der Waals surface area (Å²) in [5.74, 6) is -7.83. The van der Waals surface area contributed by atoms with Gasteiger partial charge in [-0.05, 0) is 67.0 Å². The second-order valence-corrected chi connectivity index (χ2v) is 17.7. The van der Waals surface area contributed by atoms with E-state index in [9.17, 15) is 49.5 Å². The van der Waals surface area contributed by atoms with Crippen LogP contribution >= 0.6 is 0 Å². The molecule has 64 heavy (non-hydrogen) atoms. The molecule has 3 aromatic rings. The van der Waals surface area contributed by atoms with Crippen molar-refractivity contribution in [3.63, 3.8) is 0 Å². The van der Waals surface area contributed by atoms with Crippen molar-refractivity contribution in [1.82, 2.24) is 5.32 Å². The quantitative estimate of drug-likeness (QED) is 0.0970. The molecule has 17 nitrogen and oxygen atoms in total. The number of carbonyl (C=O) groups is 6. The van der Waals surface area contributed by atoms with Crippen molar-refractivity contribution in [1.29, 1.82) is 0 Å². The zero-order valence-corrected chi connectivity index (χ0v) is 35.9. The number of esters is 4. The number of carbonyl (C=O) groups excluding carboxylic acids is 6. The number of aromatic hydroxyl groups is 1. The lowest BCUT2D eigenvalue weighted by atomic mass is 9.44. The molecule has 340 valence electrons. The topological polar surface area (TPSA) is 262 Å². The highest BCUT2D eigenvalue weighted by atomic mass is 16.6. The molecule has 0 aromatic heterocycles. The van der Waals surface area contributed by atoms with Crippen LogP contribution in [0.3, 0.4) is 0 Å². The van der Waals surface area contributed by atoms with Crippen molar-refractivity contribution in [3.05, 3.63) is 113 Å². The number of hydrogen-bond acceptors (Lipinski definition) is 16.